The van der Waals surface area contributed by atoms with Gasteiger partial charge in [0, 0.05) is 20.1 Å². The summed E-state index contributed by atoms with van der Waals surface area (Å²) in [7, 11) is 1.64. The minimum Gasteiger partial charge on any atom is -0.463 e. The summed E-state index contributed by atoms with van der Waals surface area (Å²) >= 11 is 0. The second-order valence-electron chi connectivity index (χ2n) is 5.12. The smallest absolute Gasteiger partial charge is 0.306 e. The molecule has 0 fully saturated rings. The molecule has 0 aromatic heterocycles. The van der Waals surface area contributed by atoms with E-state index >= 15 is 0 Å². The first-order valence-corrected chi connectivity index (χ1v) is 8.04. The minimum atomic E-state index is -0.126. The number of hydrogen-bond acceptors (Lipinski definition) is 5. The molecule has 0 aromatic carbocycles. The fourth-order valence-corrected chi connectivity index (χ4v) is 1.81. The van der Waals surface area contributed by atoms with Gasteiger partial charge in [-0.05, 0) is 26.2 Å². The highest BCUT2D eigenvalue weighted by Crippen LogP contribution is 2.07. The van der Waals surface area contributed by atoms with Crippen molar-refractivity contribution in [3.8, 4) is 0 Å². The normalized spacial score (nSPS) is 12.3. The maximum atomic E-state index is 11.6. The molecular weight excluding hydrogens is 272 g/mol. The Kier molecular flexibility index (Phi) is 15.2. The second kappa shape index (κ2) is 15.7. The molecule has 1 atom stereocenters. The number of methoxy groups -OCH3 is 1. The van der Waals surface area contributed by atoms with Gasteiger partial charge >= 0.3 is 5.97 Å². The summed E-state index contributed by atoms with van der Waals surface area (Å²) in [6.07, 6.45) is 5.60. The van der Waals surface area contributed by atoms with Crippen molar-refractivity contribution in [3.05, 3.63) is 0 Å². The lowest BCUT2D eigenvalue weighted by Crippen LogP contribution is -2.15. The van der Waals surface area contributed by atoms with Crippen LogP contribution < -0.4 is 0 Å². The van der Waals surface area contributed by atoms with Crippen LogP contribution in [0.4, 0.5) is 0 Å². The third kappa shape index (κ3) is 15.6. The van der Waals surface area contributed by atoms with E-state index in [0.717, 1.165) is 12.8 Å². The fourth-order valence-electron chi connectivity index (χ4n) is 1.81. The number of esters is 1. The van der Waals surface area contributed by atoms with E-state index in [0.29, 0.717) is 45.9 Å². The van der Waals surface area contributed by atoms with Gasteiger partial charge in [0.2, 0.25) is 0 Å². The standard InChI is InChI=1S/C16H32O5/c1-4-5-6-8-15(2)21-16(17)9-7-10-19-13-14-20-12-11-18-3/h15H,4-14H2,1-3H3. The molecule has 0 heterocycles. The molecule has 0 spiro atoms. The molecule has 21 heavy (non-hydrogen) atoms. The average Bonchev–Trinajstić information content (AvgIpc) is 2.45. The van der Waals surface area contributed by atoms with E-state index < -0.39 is 0 Å². The Labute approximate surface area is 129 Å². The summed E-state index contributed by atoms with van der Waals surface area (Å²) in [5.41, 5.74) is 0. The largest absolute Gasteiger partial charge is 0.463 e. The molecule has 0 N–H and O–H groups in total. The van der Waals surface area contributed by atoms with E-state index in [2.05, 4.69) is 6.92 Å². The predicted octanol–water partition coefficient (Wildman–Crippen LogP) is 2.96. The van der Waals surface area contributed by atoms with Crippen LogP contribution >= 0.6 is 0 Å². The number of rotatable bonds is 15. The van der Waals surface area contributed by atoms with Crippen LogP contribution in [0, 0.1) is 0 Å². The molecule has 0 bridgehead atoms. The van der Waals surface area contributed by atoms with E-state index in [1.54, 1.807) is 7.11 Å². The van der Waals surface area contributed by atoms with Crippen LogP contribution in [0.5, 0.6) is 0 Å². The third-order valence-electron chi connectivity index (χ3n) is 3.02. The van der Waals surface area contributed by atoms with Crippen LogP contribution in [0.25, 0.3) is 0 Å². The van der Waals surface area contributed by atoms with Crippen molar-refractivity contribution >= 4 is 5.97 Å². The van der Waals surface area contributed by atoms with Crippen molar-refractivity contribution in [3.63, 3.8) is 0 Å². The van der Waals surface area contributed by atoms with Crippen LogP contribution in [0.3, 0.4) is 0 Å². The Morgan fingerprint density at radius 1 is 0.952 bits per heavy atom. The summed E-state index contributed by atoms with van der Waals surface area (Å²) in [6, 6.07) is 0. The maximum Gasteiger partial charge on any atom is 0.306 e. The Hall–Kier alpha value is -0.650. The zero-order valence-corrected chi connectivity index (χ0v) is 13.9. The molecule has 126 valence electrons. The zero-order chi connectivity index (χ0) is 15.8. The maximum absolute atomic E-state index is 11.6. The van der Waals surface area contributed by atoms with Gasteiger partial charge in [-0.1, -0.05) is 19.8 Å². The molecule has 0 aliphatic carbocycles. The molecule has 0 aliphatic heterocycles. The predicted molar refractivity (Wildman–Crippen MR) is 82.4 cm³/mol. The quantitative estimate of drug-likeness (QED) is 0.344. The van der Waals surface area contributed by atoms with Gasteiger partial charge in [-0.15, -0.1) is 0 Å². The van der Waals surface area contributed by atoms with Crippen molar-refractivity contribution < 1.29 is 23.7 Å². The van der Waals surface area contributed by atoms with E-state index in [4.69, 9.17) is 18.9 Å². The van der Waals surface area contributed by atoms with Gasteiger partial charge < -0.3 is 18.9 Å². The lowest BCUT2D eigenvalue weighted by molar-refractivity contribution is -0.148. The number of carbonyl (C=O) groups excluding carboxylic acids is 1. The number of ether oxygens (including phenoxy) is 4. The van der Waals surface area contributed by atoms with Gasteiger partial charge in [0.15, 0.2) is 0 Å². The monoisotopic (exact) mass is 304 g/mol. The second-order valence-corrected chi connectivity index (χ2v) is 5.12. The van der Waals surface area contributed by atoms with Crippen LogP contribution in [0.15, 0.2) is 0 Å². The summed E-state index contributed by atoms with van der Waals surface area (Å²) in [4.78, 5) is 11.6. The molecule has 1 unspecified atom stereocenters. The van der Waals surface area contributed by atoms with Gasteiger partial charge in [-0.3, -0.25) is 4.79 Å². The summed E-state index contributed by atoms with van der Waals surface area (Å²) in [5, 5.41) is 0. The minimum absolute atomic E-state index is 0.0270. The fraction of sp³-hybridized carbons (Fsp3) is 0.938. The van der Waals surface area contributed by atoms with Gasteiger partial charge in [-0.2, -0.15) is 0 Å². The van der Waals surface area contributed by atoms with Crippen molar-refractivity contribution in [1.29, 1.82) is 0 Å². The first-order valence-electron chi connectivity index (χ1n) is 8.04. The average molecular weight is 304 g/mol. The Morgan fingerprint density at radius 2 is 1.62 bits per heavy atom. The van der Waals surface area contributed by atoms with Crippen molar-refractivity contribution in [2.24, 2.45) is 0 Å². The number of unbranched alkanes of at least 4 members (excludes halogenated alkanes) is 2. The van der Waals surface area contributed by atoms with Gasteiger partial charge in [0.25, 0.3) is 0 Å². The number of carbonyl (C=O) groups is 1. The highest BCUT2D eigenvalue weighted by atomic mass is 16.5. The molecule has 0 amide bonds. The Bertz CT molecular complexity index is 233. The Morgan fingerprint density at radius 3 is 2.29 bits per heavy atom. The van der Waals surface area contributed by atoms with Crippen LogP contribution in [0.2, 0.25) is 0 Å². The highest BCUT2D eigenvalue weighted by molar-refractivity contribution is 5.69. The summed E-state index contributed by atoms with van der Waals surface area (Å²) < 4.78 is 20.8. The molecular formula is C16H32O5. The lowest BCUT2D eigenvalue weighted by Gasteiger charge is -2.13. The van der Waals surface area contributed by atoms with Crippen LogP contribution in [0.1, 0.15) is 52.4 Å². The molecule has 5 nitrogen and oxygen atoms in total. The third-order valence-corrected chi connectivity index (χ3v) is 3.02. The number of hydrogen-bond donors (Lipinski definition) is 0. The summed E-state index contributed by atoms with van der Waals surface area (Å²) in [5.74, 6) is -0.126. The van der Waals surface area contributed by atoms with Crippen LogP contribution in [-0.4, -0.2) is 52.2 Å². The molecule has 0 rings (SSSR count). The van der Waals surface area contributed by atoms with Gasteiger partial charge in [-0.25, -0.2) is 0 Å². The summed E-state index contributed by atoms with van der Waals surface area (Å²) in [6.45, 7) is 6.98. The van der Waals surface area contributed by atoms with E-state index in [1.165, 1.54) is 12.8 Å². The topological polar surface area (TPSA) is 54.0 Å². The SMILES string of the molecule is CCCCCC(C)OC(=O)CCCOCCOCCOC. The van der Waals surface area contributed by atoms with Crippen molar-refractivity contribution in [2.75, 3.05) is 40.1 Å². The van der Waals surface area contributed by atoms with Crippen molar-refractivity contribution in [1.82, 2.24) is 0 Å². The van der Waals surface area contributed by atoms with Gasteiger partial charge in [0.05, 0.1) is 32.5 Å². The molecule has 0 saturated heterocycles. The first-order chi connectivity index (χ1) is 10.2. The Balaban J connectivity index is 3.29. The van der Waals surface area contributed by atoms with Crippen LogP contribution in [-0.2, 0) is 23.7 Å². The van der Waals surface area contributed by atoms with E-state index in [9.17, 15) is 4.79 Å². The highest BCUT2D eigenvalue weighted by Gasteiger charge is 2.08. The lowest BCUT2D eigenvalue weighted by atomic mass is 10.1. The first kappa shape index (κ1) is 20.3. The molecule has 0 aromatic rings. The molecule has 5 heteroatoms. The molecule has 0 radical (unpaired) electrons. The van der Waals surface area contributed by atoms with E-state index in [1.807, 2.05) is 6.92 Å². The van der Waals surface area contributed by atoms with E-state index in [-0.39, 0.29) is 12.1 Å². The molecule has 0 saturated carbocycles. The van der Waals surface area contributed by atoms with Gasteiger partial charge in [0.1, 0.15) is 0 Å². The molecule has 0 aliphatic rings. The zero-order valence-electron chi connectivity index (χ0n) is 13.9. The van der Waals surface area contributed by atoms with Crippen molar-refractivity contribution in [2.45, 2.75) is 58.5 Å².